The number of phenolic OH excluding ortho intramolecular Hbond substituents is 1. The number of anilines is 1. The lowest BCUT2D eigenvalue weighted by Gasteiger charge is -2.30. The van der Waals surface area contributed by atoms with Gasteiger partial charge in [0.25, 0.3) is 0 Å². The number of fused-ring (bicyclic) bond motifs is 1. The highest BCUT2D eigenvalue weighted by Crippen LogP contribution is 2.52. The summed E-state index contributed by atoms with van der Waals surface area (Å²) in [5.74, 6) is 0.0631. The highest BCUT2D eigenvalue weighted by atomic mass is 32.1. The van der Waals surface area contributed by atoms with Crippen LogP contribution in [0.3, 0.4) is 0 Å². The Hall–Kier alpha value is -2.66. The predicted octanol–water partition coefficient (Wildman–Crippen LogP) is 4.49. The van der Waals surface area contributed by atoms with E-state index in [1.54, 1.807) is 12.1 Å². The Morgan fingerprint density at radius 1 is 1.27 bits per heavy atom. The number of amides is 1. The molecule has 3 aromatic rings. The van der Waals surface area contributed by atoms with Crippen molar-refractivity contribution in [2.24, 2.45) is 5.41 Å². The Labute approximate surface area is 156 Å². The number of benzene rings is 2. The van der Waals surface area contributed by atoms with Gasteiger partial charge in [0, 0.05) is 11.3 Å². The smallest absolute Gasteiger partial charge is 0.233 e. The minimum absolute atomic E-state index is 0.0450. The van der Waals surface area contributed by atoms with Crippen LogP contribution < -0.4 is 5.32 Å². The topological polar surface area (TPSA) is 62.2 Å². The molecule has 1 heterocycles. The number of carbonyl (C=O) groups is 1. The first-order valence-corrected chi connectivity index (χ1v) is 9.45. The molecule has 1 amide bonds. The molecule has 0 saturated heterocycles. The molecule has 4 nitrogen and oxygen atoms in total. The van der Waals surface area contributed by atoms with Gasteiger partial charge in [-0.05, 0) is 49.1 Å². The van der Waals surface area contributed by atoms with E-state index < -0.39 is 5.41 Å². The fraction of sp³-hybridized carbons (Fsp3) is 0.238. The van der Waals surface area contributed by atoms with E-state index in [1.807, 2.05) is 55.6 Å². The van der Waals surface area contributed by atoms with Crippen molar-refractivity contribution < 1.29 is 9.90 Å². The molecule has 4 rings (SSSR count). The summed E-state index contributed by atoms with van der Waals surface area (Å²) in [6, 6.07) is 15.4. The lowest BCUT2D eigenvalue weighted by molar-refractivity contribution is -0.125. The van der Waals surface area contributed by atoms with Gasteiger partial charge >= 0.3 is 0 Å². The Bertz CT molecular complexity index is 967. The van der Waals surface area contributed by atoms with Gasteiger partial charge in [-0.3, -0.25) is 4.79 Å². The molecule has 132 valence electrons. The van der Waals surface area contributed by atoms with Crippen molar-refractivity contribution in [2.75, 3.05) is 5.32 Å². The van der Waals surface area contributed by atoms with Crippen molar-refractivity contribution in [3.63, 3.8) is 0 Å². The van der Waals surface area contributed by atoms with Gasteiger partial charge in [0.2, 0.25) is 5.91 Å². The Morgan fingerprint density at radius 2 is 2.04 bits per heavy atom. The third kappa shape index (κ3) is 2.78. The van der Waals surface area contributed by atoms with Crippen molar-refractivity contribution in [3.05, 3.63) is 76.3 Å². The maximum atomic E-state index is 13.3. The zero-order chi connectivity index (χ0) is 18.3. The number of nitrogens with zero attached hydrogens (tertiary/aromatic N) is 1. The van der Waals surface area contributed by atoms with Crippen molar-refractivity contribution in [1.82, 2.24) is 4.98 Å². The normalized spacial score (nSPS) is 21.4. The van der Waals surface area contributed by atoms with Gasteiger partial charge in [-0.2, -0.15) is 0 Å². The van der Waals surface area contributed by atoms with Crippen LogP contribution in [0.15, 0.2) is 53.9 Å². The van der Waals surface area contributed by atoms with Gasteiger partial charge in [0.05, 0.1) is 11.1 Å². The first-order valence-electron chi connectivity index (χ1n) is 8.58. The van der Waals surface area contributed by atoms with Crippen LogP contribution in [0.25, 0.3) is 0 Å². The van der Waals surface area contributed by atoms with Gasteiger partial charge in [0.15, 0.2) is 5.13 Å². The predicted molar refractivity (Wildman–Crippen MR) is 104 cm³/mol. The molecule has 0 fully saturated rings. The van der Waals surface area contributed by atoms with Gasteiger partial charge < -0.3 is 10.4 Å². The second kappa shape index (κ2) is 6.25. The number of thiazole rings is 1. The molecular weight excluding hydrogens is 344 g/mol. The molecule has 0 unspecified atom stereocenters. The van der Waals surface area contributed by atoms with Crippen molar-refractivity contribution in [2.45, 2.75) is 26.2 Å². The molecule has 1 aromatic heterocycles. The van der Waals surface area contributed by atoms with E-state index in [0.29, 0.717) is 11.6 Å². The maximum Gasteiger partial charge on any atom is 0.233 e. The first kappa shape index (κ1) is 16.8. The summed E-state index contributed by atoms with van der Waals surface area (Å²) in [6.45, 7) is 3.91. The number of aryl methyl sites for hydroxylation is 1. The summed E-state index contributed by atoms with van der Waals surface area (Å²) in [5, 5.41) is 15.5. The van der Waals surface area contributed by atoms with Crippen LogP contribution in [-0.2, 0) is 11.2 Å². The maximum absolute atomic E-state index is 13.3. The second-order valence-corrected chi connectivity index (χ2v) is 7.93. The lowest BCUT2D eigenvalue weighted by atomic mass is 9.73. The number of hydrogen-bond acceptors (Lipinski definition) is 4. The summed E-state index contributed by atoms with van der Waals surface area (Å²) in [7, 11) is 0. The third-order valence-electron chi connectivity index (χ3n) is 5.13. The fourth-order valence-corrected chi connectivity index (χ4v) is 4.59. The molecule has 2 N–H and O–H groups in total. The molecule has 0 radical (unpaired) electrons. The van der Waals surface area contributed by atoms with Crippen molar-refractivity contribution in [1.29, 1.82) is 0 Å². The van der Waals surface area contributed by atoms with E-state index in [-0.39, 0.29) is 17.6 Å². The monoisotopic (exact) mass is 364 g/mol. The number of aromatic hydroxyl groups is 1. The van der Waals surface area contributed by atoms with Crippen LogP contribution in [0.4, 0.5) is 5.13 Å². The molecule has 0 spiro atoms. The van der Waals surface area contributed by atoms with Crippen LogP contribution in [0.5, 0.6) is 5.75 Å². The summed E-state index contributed by atoms with van der Waals surface area (Å²) in [4.78, 5) is 17.6. The quantitative estimate of drug-likeness (QED) is 0.720. The van der Waals surface area contributed by atoms with Crippen molar-refractivity contribution >= 4 is 22.4 Å². The van der Waals surface area contributed by atoms with E-state index in [4.69, 9.17) is 0 Å². The number of hydrogen-bond donors (Lipinski definition) is 2. The number of phenols is 1. The average molecular weight is 364 g/mol. The van der Waals surface area contributed by atoms with Crippen LogP contribution in [0.1, 0.15) is 35.2 Å². The highest BCUT2D eigenvalue weighted by Gasteiger charge is 2.49. The number of nitrogens with one attached hydrogen (secondary N) is 1. The Balaban J connectivity index is 1.77. The van der Waals surface area contributed by atoms with Crippen molar-refractivity contribution in [3.8, 4) is 5.75 Å². The minimum atomic E-state index is -0.656. The molecule has 26 heavy (non-hydrogen) atoms. The zero-order valence-corrected chi connectivity index (χ0v) is 15.5. The van der Waals surface area contributed by atoms with Crippen LogP contribution in [0, 0.1) is 12.3 Å². The van der Waals surface area contributed by atoms with Gasteiger partial charge in [-0.25, -0.2) is 4.98 Å². The van der Waals surface area contributed by atoms with Gasteiger partial charge in [-0.1, -0.05) is 36.4 Å². The molecule has 0 saturated carbocycles. The van der Waals surface area contributed by atoms with Crippen LogP contribution in [0.2, 0.25) is 0 Å². The number of rotatable bonds is 3. The summed E-state index contributed by atoms with van der Waals surface area (Å²) in [5.41, 5.74) is 3.44. The summed E-state index contributed by atoms with van der Waals surface area (Å²) in [6.07, 6.45) is 0.623. The second-order valence-electron chi connectivity index (χ2n) is 7.07. The summed E-state index contributed by atoms with van der Waals surface area (Å²) < 4.78 is 0. The summed E-state index contributed by atoms with van der Waals surface area (Å²) >= 11 is 1.44. The van der Waals surface area contributed by atoms with E-state index in [1.165, 1.54) is 11.3 Å². The van der Waals surface area contributed by atoms with E-state index in [0.717, 1.165) is 22.4 Å². The third-order valence-corrected chi connectivity index (χ3v) is 6.00. The molecule has 0 aliphatic heterocycles. The Morgan fingerprint density at radius 3 is 2.73 bits per heavy atom. The largest absolute Gasteiger partial charge is 0.508 e. The average Bonchev–Trinajstić information content (AvgIpc) is 3.16. The SMILES string of the molecule is Cc1csc(NC(=O)[C@@]2(C)Cc3ccc(O)cc3[C@H]2c2ccccc2)n1. The van der Waals surface area contributed by atoms with Crippen LogP contribution in [-0.4, -0.2) is 16.0 Å². The first-order chi connectivity index (χ1) is 12.5. The molecular formula is C21H20N2O2S. The van der Waals surface area contributed by atoms with Gasteiger partial charge in [-0.15, -0.1) is 11.3 Å². The Kier molecular flexibility index (Phi) is 4.04. The van der Waals surface area contributed by atoms with E-state index in [2.05, 4.69) is 10.3 Å². The zero-order valence-electron chi connectivity index (χ0n) is 14.7. The van der Waals surface area contributed by atoms with E-state index in [9.17, 15) is 9.90 Å². The molecule has 1 aliphatic rings. The van der Waals surface area contributed by atoms with Crippen LogP contribution >= 0.6 is 11.3 Å². The lowest BCUT2D eigenvalue weighted by Crippen LogP contribution is -2.37. The molecule has 2 atom stereocenters. The standard InChI is InChI=1S/C21H20N2O2S/c1-13-12-26-20(22-13)23-19(25)21(2)11-15-8-9-16(24)10-17(15)18(21)14-6-4-3-5-7-14/h3-10,12,18,24H,11H2,1-2H3,(H,22,23,25)/t18-,21+/m1/s1. The highest BCUT2D eigenvalue weighted by molar-refractivity contribution is 7.13. The minimum Gasteiger partial charge on any atom is -0.508 e. The number of aromatic nitrogens is 1. The van der Waals surface area contributed by atoms with E-state index >= 15 is 0 Å². The molecule has 0 bridgehead atoms. The fourth-order valence-electron chi connectivity index (χ4n) is 3.91. The molecule has 2 aromatic carbocycles. The van der Waals surface area contributed by atoms with Gasteiger partial charge in [0.1, 0.15) is 5.75 Å². The molecule has 5 heteroatoms. The number of carbonyl (C=O) groups excluding carboxylic acids is 1. The molecule has 1 aliphatic carbocycles.